The lowest BCUT2D eigenvalue weighted by molar-refractivity contribution is 0.458. The zero-order chi connectivity index (χ0) is 32.8. The summed E-state index contributed by atoms with van der Waals surface area (Å²) >= 11 is 0. The molecule has 0 heterocycles. The minimum Gasteiger partial charge on any atom is -0.505 e. The maximum Gasteiger partial charge on any atom is 0.296 e. The predicted molar refractivity (Wildman–Crippen MR) is 148 cm³/mol. The predicted octanol–water partition coefficient (Wildman–Crippen LogP) is 4.07. The molecule has 0 unspecified atom stereocenters. The third kappa shape index (κ3) is 6.56. The standard InChI is InChI=1S/C22H16N4O14S4/c27-21-18-11(9-16(43(35,36)37)19(21)25-23-12-5-1-3-7-14(12)41(29,30)31)10-17(44(38,39)40)20(22(18)28)26-24-13-6-2-4-8-15(13)42(32,33)34/h1-10,27-28H,(H,29,30,31)(H,32,33,34)(H,35,36,37)(H,38,39,40). The molecule has 0 amide bonds. The SMILES string of the molecule is O=S(=O)(O)c1ccccc1N=Nc1c(S(=O)(=O)O)cc2cc(S(=O)(=O)O)c(N=Nc3ccccc3S(=O)(=O)O)c(O)c2c1O. The van der Waals surface area contributed by atoms with Gasteiger partial charge in [0, 0.05) is 0 Å². The van der Waals surface area contributed by atoms with Gasteiger partial charge in [0.25, 0.3) is 40.5 Å². The monoisotopic (exact) mass is 688 g/mol. The Morgan fingerprint density at radius 2 is 0.773 bits per heavy atom. The molecule has 4 rings (SSSR count). The maximum atomic E-state index is 12.2. The highest BCUT2D eigenvalue weighted by Gasteiger charge is 2.29. The van der Waals surface area contributed by atoms with Crippen molar-refractivity contribution < 1.29 is 62.1 Å². The number of hydrogen-bond acceptors (Lipinski definition) is 14. The first-order valence-corrected chi connectivity index (χ1v) is 16.9. The number of phenols is 2. The van der Waals surface area contributed by atoms with E-state index in [1.165, 1.54) is 24.3 Å². The van der Waals surface area contributed by atoms with Crippen molar-refractivity contribution in [1.82, 2.24) is 0 Å². The van der Waals surface area contributed by atoms with Crippen LogP contribution in [-0.2, 0) is 40.5 Å². The third-order valence-electron chi connectivity index (χ3n) is 5.61. The summed E-state index contributed by atoms with van der Waals surface area (Å²) < 4.78 is 134. The topological polar surface area (TPSA) is 307 Å². The second kappa shape index (κ2) is 11.3. The van der Waals surface area contributed by atoms with Gasteiger partial charge in [0.1, 0.15) is 42.3 Å². The van der Waals surface area contributed by atoms with E-state index in [1.54, 1.807) is 0 Å². The van der Waals surface area contributed by atoms with Gasteiger partial charge in [-0.15, -0.1) is 20.5 Å². The fourth-order valence-electron chi connectivity index (χ4n) is 3.77. The summed E-state index contributed by atoms with van der Waals surface area (Å²) in [6.07, 6.45) is 0. The zero-order valence-corrected chi connectivity index (χ0v) is 24.4. The normalized spacial score (nSPS) is 13.3. The van der Waals surface area contributed by atoms with Crippen molar-refractivity contribution in [3.8, 4) is 11.5 Å². The smallest absolute Gasteiger partial charge is 0.296 e. The van der Waals surface area contributed by atoms with E-state index in [0.717, 1.165) is 24.3 Å². The molecule has 4 aromatic carbocycles. The van der Waals surface area contributed by atoms with Crippen LogP contribution in [0.15, 0.2) is 101 Å². The number of phenolic OH excluding ortho intramolecular Hbond substituents is 2. The Hall–Kier alpha value is -4.42. The Kier molecular flexibility index (Phi) is 8.31. The molecule has 0 aliphatic carbocycles. The summed E-state index contributed by atoms with van der Waals surface area (Å²) in [5.74, 6) is -2.59. The molecule has 0 bridgehead atoms. The number of azo groups is 2. The highest BCUT2D eigenvalue weighted by molar-refractivity contribution is 7.86. The van der Waals surface area contributed by atoms with Gasteiger partial charge in [0.05, 0.1) is 5.39 Å². The van der Waals surface area contributed by atoms with Gasteiger partial charge in [0.2, 0.25) is 0 Å². The van der Waals surface area contributed by atoms with Crippen LogP contribution >= 0.6 is 0 Å². The molecule has 0 fully saturated rings. The largest absolute Gasteiger partial charge is 0.505 e. The molecule has 0 aliphatic rings. The summed E-state index contributed by atoms with van der Waals surface area (Å²) in [5.41, 5.74) is -3.35. The third-order valence-corrected chi connectivity index (χ3v) is 9.14. The molecule has 0 saturated heterocycles. The fourth-order valence-corrected chi connectivity index (χ4v) is 6.33. The number of benzene rings is 4. The van der Waals surface area contributed by atoms with Crippen LogP contribution < -0.4 is 0 Å². The molecule has 232 valence electrons. The first kappa shape index (κ1) is 32.5. The first-order chi connectivity index (χ1) is 20.2. The van der Waals surface area contributed by atoms with Crippen molar-refractivity contribution in [3.05, 3.63) is 60.7 Å². The van der Waals surface area contributed by atoms with Crippen molar-refractivity contribution in [1.29, 1.82) is 0 Å². The number of aromatic hydroxyl groups is 2. The van der Waals surface area contributed by atoms with Crippen LogP contribution in [0, 0.1) is 0 Å². The Morgan fingerprint density at radius 3 is 1.09 bits per heavy atom. The van der Waals surface area contributed by atoms with Gasteiger partial charge in [-0.25, -0.2) is 0 Å². The quantitative estimate of drug-likeness (QED) is 0.112. The summed E-state index contributed by atoms with van der Waals surface area (Å²) in [7, 11) is -20.4. The lowest BCUT2D eigenvalue weighted by atomic mass is 10.1. The molecular weight excluding hydrogens is 673 g/mol. The number of nitrogens with zero attached hydrogens (tertiary/aromatic N) is 4. The van der Waals surface area contributed by atoms with Gasteiger partial charge in [-0.3, -0.25) is 18.2 Å². The van der Waals surface area contributed by atoms with Crippen molar-refractivity contribution in [2.75, 3.05) is 0 Å². The highest BCUT2D eigenvalue weighted by Crippen LogP contribution is 2.50. The minimum atomic E-state index is -5.32. The van der Waals surface area contributed by atoms with E-state index >= 15 is 0 Å². The lowest BCUT2D eigenvalue weighted by Crippen LogP contribution is -2.02. The van der Waals surface area contributed by atoms with Crippen LogP contribution in [0.4, 0.5) is 22.7 Å². The molecular formula is C22H16N4O14S4. The minimum absolute atomic E-state index is 0.510. The van der Waals surface area contributed by atoms with Crippen LogP contribution in [-0.4, -0.2) is 62.1 Å². The molecule has 0 aromatic heterocycles. The number of fused-ring (bicyclic) bond motifs is 1. The Morgan fingerprint density at radius 1 is 0.455 bits per heavy atom. The van der Waals surface area contributed by atoms with Crippen LogP contribution in [0.1, 0.15) is 0 Å². The Balaban J connectivity index is 2.07. The van der Waals surface area contributed by atoms with Gasteiger partial charge in [-0.05, 0) is 41.8 Å². The Labute approximate surface area is 247 Å². The summed E-state index contributed by atoms with van der Waals surface area (Å²) in [5, 5.41) is 34.5. The number of rotatable bonds is 8. The molecule has 6 N–H and O–H groups in total. The van der Waals surface area contributed by atoms with Crippen LogP contribution in [0.3, 0.4) is 0 Å². The summed E-state index contributed by atoms with van der Waals surface area (Å²) in [4.78, 5) is -4.03. The second-order valence-corrected chi connectivity index (χ2v) is 14.0. The van der Waals surface area contributed by atoms with E-state index in [4.69, 9.17) is 0 Å². The molecule has 22 heteroatoms. The molecule has 0 saturated carbocycles. The van der Waals surface area contributed by atoms with E-state index in [1.807, 2.05) is 0 Å². The van der Waals surface area contributed by atoms with E-state index in [2.05, 4.69) is 20.5 Å². The second-order valence-electron chi connectivity index (χ2n) is 8.48. The first-order valence-electron chi connectivity index (χ1n) is 11.2. The average molecular weight is 689 g/mol. The number of hydrogen-bond donors (Lipinski definition) is 6. The maximum absolute atomic E-state index is 12.2. The van der Waals surface area contributed by atoms with Gasteiger partial charge in [-0.2, -0.15) is 33.7 Å². The van der Waals surface area contributed by atoms with Crippen molar-refractivity contribution in [3.63, 3.8) is 0 Å². The van der Waals surface area contributed by atoms with E-state index < -0.39 is 105 Å². The van der Waals surface area contributed by atoms with E-state index in [-0.39, 0.29) is 0 Å². The Bertz CT molecular complexity index is 2190. The fraction of sp³-hybridized carbons (Fsp3) is 0. The van der Waals surface area contributed by atoms with E-state index in [0.29, 0.717) is 12.1 Å². The zero-order valence-electron chi connectivity index (χ0n) is 21.1. The van der Waals surface area contributed by atoms with Crippen molar-refractivity contribution in [2.24, 2.45) is 20.5 Å². The van der Waals surface area contributed by atoms with Crippen molar-refractivity contribution >= 4 is 74.0 Å². The lowest BCUT2D eigenvalue weighted by Gasteiger charge is -2.13. The van der Waals surface area contributed by atoms with E-state index in [9.17, 15) is 62.1 Å². The van der Waals surface area contributed by atoms with Gasteiger partial charge >= 0.3 is 0 Å². The van der Waals surface area contributed by atoms with Crippen LogP contribution in [0.5, 0.6) is 11.5 Å². The van der Waals surface area contributed by atoms with Gasteiger partial charge in [-0.1, -0.05) is 24.3 Å². The molecule has 4 aromatic rings. The average Bonchev–Trinajstić information content (AvgIpc) is 2.89. The molecule has 18 nitrogen and oxygen atoms in total. The van der Waals surface area contributed by atoms with Crippen LogP contribution in [0.2, 0.25) is 0 Å². The van der Waals surface area contributed by atoms with Gasteiger partial charge < -0.3 is 10.2 Å². The molecule has 0 radical (unpaired) electrons. The van der Waals surface area contributed by atoms with Crippen molar-refractivity contribution in [2.45, 2.75) is 19.6 Å². The highest BCUT2D eigenvalue weighted by atomic mass is 32.2. The molecule has 44 heavy (non-hydrogen) atoms. The summed E-state index contributed by atoms with van der Waals surface area (Å²) in [6, 6.07) is 9.81. The van der Waals surface area contributed by atoms with Crippen LogP contribution in [0.25, 0.3) is 10.8 Å². The summed E-state index contributed by atoms with van der Waals surface area (Å²) in [6.45, 7) is 0. The molecule has 0 aliphatic heterocycles. The van der Waals surface area contributed by atoms with Gasteiger partial charge in [0.15, 0.2) is 11.5 Å². The molecule has 0 spiro atoms. The molecule has 0 atom stereocenters.